The predicted molar refractivity (Wildman–Crippen MR) is 108 cm³/mol. The van der Waals surface area contributed by atoms with E-state index in [1.165, 1.54) is 5.56 Å². The summed E-state index contributed by atoms with van der Waals surface area (Å²) in [5.41, 5.74) is 6.13. The largest absolute Gasteiger partial charge is 0.339 e. The number of carbonyl (C=O) groups is 1. The van der Waals surface area contributed by atoms with Gasteiger partial charge >= 0.3 is 0 Å². The Labute approximate surface area is 160 Å². The fraction of sp³-hybridized carbons (Fsp3) is 0.348. The molecule has 0 spiro atoms. The van der Waals surface area contributed by atoms with Crippen LogP contribution >= 0.6 is 0 Å². The lowest BCUT2D eigenvalue weighted by atomic mass is 9.89. The molecule has 0 aliphatic carbocycles. The van der Waals surface area contributed by atoms with Crippen LogP contribution in [0.3, 0.4) is 0 Å². The Morgan fingerprint density at radius 3 is 2.44 bits per heavy atom. The Bertz CT molecular complexity index is 989. The zero-order chi connectivity index (χ0) is 19.0. The highest BCUT2D eigenvalue weighted by molar-refractivity contribution is 6.07. The summed E-state index contributed by atoms with van der Waals surface area (Å²) in [6.07, 6.45) is 5.69. The van der Waals surface area contributed by atoms with Crippen molar-refractivity contribution in [2.24, 2.45) is 0 Å². The van der Waals surface area contributed by atoms with E-state index >= 15 is 0 Å². The molecule has 4 heteroatoms. The van der Waals surface area contributed by atoms with Gasteiger partial charge in [-0.05, 0) is 74.9 Å². The number of aryl methyl sites for hydroxylation is 2. The zero-order valence-corrected chi connectivity index (χ0v) is 16.2. The van der Waals surface area contributed by atoms with Crippen LogP contribution < -0.4 is 0 Å². The SMILES string of the molecule is Cc1ccc2nc(C)c(C)c(C(=O)N3CCC(c4ccncc4)CC3)c2c1. The lowest BCUT2D eigenvalue weighted by Gasteiger charge is -2.33. The molecule has 3 aromatic rings. The van der Waals surface area contributed by atoms with Gasteiger partial charge in [-0.3, -0.25) is 14.8 Å². The molecular formula is C23H25N3O. The predicted octanol–water partition coefficient (Wildman–Crippen LogP) is 4.57. The number of hydrogen-bond donors (Lipinski definition) is 0. The molecule has 0 atom stereocenters. The average Bonchev–Trinajstić information content (AvgIpc) is 2.70. The first-order valence-electron chi connectivity index (χ1n) is 9.61. The number of piperidine rings is 1. The topological polar surface area (TPSA) is 46.1 Å². The van der Waals surface area contributed by atoms with Crippen LogP contribution in [-0.2, 0) is 0 Å². The first-order valence-corrected chi connectivity index (χ1v) is 9.61. The number of likely N-dealkylation sites (tertiary alicyclic amines) is 1. The average molecular weight is 359 g/mol. The maximum absolute atomic E-state index is 13.4. The van der Waals surface area contributed by atoms with E-state index in [1.807, 2.05) is 37.2 Å². The van der Waals surface area contributed by atoms with Crippen molar-refractivity contribution < 1.29 is 4.79 Å². The van der Waals surface area contributed by atoms with E-state index in [4.69, 9.17) is 0 Å². The van der Waals surface area contributed by atoms with Crippen molar-refractivity contribution in [2.75, 3.05) is 13.1 Å². The normalized spacial score (nSPS) is 15.3. The second-order valence-electron chi connectivity index (χ2n) is 7.56. The molecule has 1 aliphatic heterocycles. The molecule has 27 heavy (non-hydrogen) atoms. The van der Waals surface area contributed by atoms with Crippen molar-refractivity contribution in [3.8, 4) is 0 Å². The van der Waals surface area contributed by atoms with Gasteiger partial charge in [-0.25, -0.2) is 0 Å². The minimum atomic E-state index is 0.141. The summed E-state index contributed by atoms with van der Waals surface area (Å²) in [4.78, 5) is 24.2. The van der Waals surface area contributed by atoms with Crippen molar-refractivity contribution in [2.45, 2.75) is 39.5 Å². The Morgan fingerprint density at radius 1 is 1.04 bits per heavy atom. The molecular weight excluding hydrogens is 334 g/mol. The fourth-order valence-corrected chi connectivity index (χ4v) is 4.08. The first kappa shape index (κ1) is 17.7. The third-order valence-electron chi connectivity index (χ3n) is 5.80. The minimum Gasteiger partial charge on any atom is -0.339 e. The van der Waals surface area contributed by atoms with Crippen LogP contribution in [0, 0.1) is 20.8 Å². The van der Waals surface area contributed by atoms with E-state index in [2.05, 4.69) is 41.2 Å². The maximum atomic E-state index is 13.4. The minimum absolute atomic E-state index is 0.141. The number of benzene rings is 1. The number of nitrogens with zero attached hydrogens (tertiary/aromatic N) is 3. The van der Waals surface area contributed by atoms with Gasteiger partial charge in [0.15, 0.2) is 0 Å². The summed E-state index contributed by atoms with van der Waals surface area (Å²) in [6.45, 7) is 7.64. The van der Waals surface area contributed by atoms with Crippen LogP contribution in [0.15, 0.2) is 42.7 Å². The number of hydrogen-bond acceptors (Lipinski definition) is 3. The lowest BCUT2D eigenvalue weighted by Crippen LogP contribution is -2.38. The molecule has 0 saturated carbocycles. The number of pyridine rings is 2. The van der Waals surface area contributed by atoms with Crippen LogP contribution in [0.5, 0.6) is 0 Å². The van der Waals surface area contributed by atoms with Crippen LogP contribution in [0.4, 0.5) is 0 Å². The summed E-state index contributed by atoms with van der Waals surface area (Å²) in [5.74, 6) is 0.651. The molecule has 0 N–H and O–H groups in total. The summed E-state index contributed by atoms with van der Waals surface area (Å²) in [5, 5.41) is 0.972. The van der Waals surface area contributed by atoms with E-state index in [9.17, 15) is 4.79 Å². The third-order valence-corrected chi connectivity index (χ3v) is 5.80. The highest BCUT2D eigenvalue weighted by Crippen LogP contribution is 2.30. The fourth-order valence-electron chi connectivity index (χ4n) is 4.08. The molecule has 3 heterocycles. The van der Waals surface area contributed by atoms with Crippen LogP contribution in [0.2, 0.25) is 0 Å². The van der Waals surface area contributed by atoms with Crippen LogP contribution in [0.25, 0.3) is 10.9 Å². The van der Waals surface area contributed by atoms with Gasteiger partial charge in [-0.1, -0.05) is 11.6 Å². The maximum Gasteiger partial charge on any atom is 0.254 e. The second-order valence-corrected chi connectivity index (χ2v) is 7.56. The van der Waals surface area contributed by atoms with Gasteiger partial charge in [0.05, 0.1) is 11.1 Å². The van der Waals surface area contributed by atoms with Crippen molar-refractivity contribution in [3.63, 3.8) is 0 Å². The van der Waals surface area contributed by atoms with Gasteiger partial charge < -0.3 is 4.90 Å². The van der Waals surface area contributed by atoms with Gasteiger partial charge in [0.2, 0.25) is 0 Å². The van der Waals surface area contributed by atoms with Gasteiger partial charge in [0.1, 0.15) is 0 Å². The van der Waals surface area contributed by atoms with E-state index < -0.39 is 0 Å². The molecule has 0 radical (unpaired) electrons. The van der Waals surface area contributed by atoms with E-state index in [-0.39, 0.29) is 5.91 Å². The number of aromatic nitrogens is 2. The molecule has 0 bridgehead atoms. The van der Waals surface area contributed by atoms with Crippen LogP contribution in [0.1, 0.15) is 51.5 Å². The Kier molecular flexibility index (Phi) is 4.65. The van der Waals surface area contributed by atoms with Crippen molar-refractivity contribution in [1.82, 2.24) is 14.9 Å². The summed E-state index contributed by atoms with van der Waals surface area (Å²) in [6, 6.07) is 10.3. The molecule has 1 fully saturated rings. The van der Waals surface area contributed by atoms with Gasteiger partial charge in [-0.2, -0.15) is 0 Å². The zero-order valence-electron chi connectivity index (χ0n) is 16.2. The number of rotatable bonds is 2. The van der Waals surface area contributed by atoms with Crippen molar-refractivity contribution >= 4 is 16.8 Å². The lowest BCUT2D eigenvalue weighted by molar-refractivity contribution is 0.0714. The van der Waals surface area contributed by atoms with E-state index in [0.29, 0.717) is 5.92 Å². The molecule has 4 nitrogen and oxygen atoms in total. The Morgan fingerprint density at radius 2 is 1.74 bits per heavy atom. The van der Waals surface area contributed by atoms with Crippen LogP contribution in [-0.4, -0.2) is 33.9 Å². The first-order chi connectivity index (χ1) is 13.0. The molecule has 4 rings (SSSR count). The molecule has 138 valence electrons. The quantitative estimate of drug-likeness (QED) is 0.673. The van der Waals surface area contributed by atoms with Gasteiger partial charge in [0, 0.05) is 36.6 Å². The number of fused-ring (bicyclic) bond motifs is 1. The monoisotopic (exact) mass is 359 g/mol. The molecule has 1 saturated heterocycles. The second kappa shape index (κ2) is 7.10. The van der Waals surface area contributed by atoms with Gasteiger partial charge in [-0.15, -0.1) is 0 Å². The summed E-state index contributed by atoms with van der Waals surface area (Å²) < 4.78 is 0. The van der Waals surface area contributed by atoms with Crippen molar-refractivity contribution in [3.05, 3.63) is 70.7 Å². The van der Waals surface area contributed by atoms with Gasteiger partial charge in [0.25, 0.3) is 5.91 Å². The van der Waals surface area contributed by atoms with E-state index in [0.717, 1.165) is 59.2 Å². The molecule has 0 unspecified atom stereocenters. The highest BCUT2D eigenvalue weighted by atomic mass is 16.2. The number of carbonyl (C=O) groups excluding carboxylic acids is 1. The molecule has 1 aliphatic rings. The molecule has 1 amide bonds. The third kappa shape index (κ3) is 3.32. The smallest absolute Gasteiger partial charge is 0.254 e. The Balaban J connectivity index is 1.62. The number of amides is 1. The highest BCUT2D eigenvalue weighted by Gasteiger charge is 2.27. The Hall–Kier alpha value is -2.75. The van der Waals surface area contributed by atoms with Crippen molar-refractivity contribution in [1.29, 1.82) is 0 Å². The summed E-state index contributed by atoms with van der Waals surface area (Å²) >= 11 is 0. The molecule has 2 aromatic heterocycles. The summed E-state index contributed by atoms with van der Waals surface area (Å²) in [7, 11) is 0. The molecule has 1 aromatic carbocycles. The standard InChI is InChI=1S/C23H25N3O/c1-15-4-5-21-20(14-15)22(16(2)17(3)25-21)23(27)26-12-8-19(9-13-26)18-6-10-24-11-7-18/h4-7,10-11,14,19H,8-9,12-13H2,1-3H3. The van der Waals surface area contributed by atoms with E-state index in [1.54, 1.807) is 0 Å².